The van der Waals surface area contributed by atoms with Gasteiger partial charge in [-0.2, -0.15) is 0 Å². The molecule has 0 radical (unpaired) electrons. The molecule has 0 bridgehead atoms. The summed E-state index contributed by atoms with van der Waals surface area (Å²) < 4.78 is 5.53. The van der Waals surface area contributed by atoms with E-state index in [2.05, 4.69) is 13.5 Å². The molecule has 4 unspecified atom stereocenters. The second-order valence-corrected chi connectivity index (χ2v) is 5.59. The molecule has 2 aliphatic carbocycles. The average Bonchev–Trinajstić information content (AvgIpc) is 2.60. The molecule has 0 aliphatic heterocycles. The molecule has 0 N–H and O–H groups in total. The van der Waals surface area contributed by atoms with E-state index in [9.17, 15) is 0 Å². The molecule has 0 spiro atoms. The quantitative estimate of drug-likeness (QED) is 0.641. The van der Waals surface area contributed by atoms with Crippen LogP contribution in [0.5, 0.6) is 0 Å². The Labute approximate surface area is 93.9 Å². The number of methoxy groups -OCH3 is 1. The minimum absolute atomic E-state index is 0.539. The maximum atomic E-state index is 5.53. The first-order valence-corrected chi connectivity index (χ1v) is 6.38. The zero-order valence-electron chi connectivity index (χ0n) is 10.2. The first kappa shape index (κ1) is 11.2. The Balaban J connectivity index is 1.96. The van der Waals surface area contributed by atoms with E-state index in [0.717, 1.165) is 17.8 Å². The summed E-state index contributed by atoms with van der Waals surface area (Å²) >= 11 is 0. The lowest BCUT2D eigenvalue weighted by Crippen LogP contribution is -2.29. The third-order valence-corrected chi connectivity index (χ3v) is 4.46. The number of ether oxygens (including phenoxy) is 1. The van der Waals surface area contributed by atoms with Crippen LogP contribution in [0, 0.1) is 17.8 Å². The van der Waals surface area contributed by atoms with Gasteiger partial charge >= 0.3 is 0 Å². The monoisotopic (exact) mass is 208 g/mol. The number of allylic oxidation sites excluding steroid dienone is 1. The highest BCUT2D eigenvalue weighted by Gasteiger charge is 2.39. The first-order valence-electron chi connectivity index (χ1n) is 6.38. The number of fused-ring (bicyclic) bond motifs is 1. The van der Waals surface area contributed by atoms with Crippen molar-refractivity contribution >= 4 is 0 Å². The highest BCUT2D eigenvalue weighted by atomic mass is 16.5. The number of hydrogen-bond donors (Lipinski definition) is 0. The lowest BCUT2D eigenvalue weighted by atomic mass is 9.75. The molecule has 1 heteroatoms. The second kappa shape index (κ2) is 4.69. The van der Waals surface area contributed by atoms with Crippen LogP contribution in [0.4, 0.5) is 0 Å². The van der Waals surface area contributed by atoms with Crippen LogP contribution in [0.25, 0.3) is 0 Å². The van der Waals surface area contributed by atoms with Gasteiger partial charge < -0.3 is 4.74 Å². The van der Waals surface area contributed by atoms with Gasteiger partial charge in [-0.05, 0) is 63.2 Å². The van der Waals surface area contributed by atoms with Crippen molar-refractivity contribution in [3.63, 3.8) is 0 Å². The van der Waals surface area contributed by atoms with Crippen LogP contribution < -0.4 is 0 Å². The third-order valence-electron chi connectivity index (χ3n) is 4.46. The lowest BCUT2D eigenvalue weighted by Gasteiger charge is -2.34. The van der Waals surface area contributed by atoms with Gasteiger partial charge in [-0.3, -0.25) is 0 Å². The molecular weight excluding hydrogens is 184 g/mol. The van der Waals surface area contributed by atoms with Gasteiger partial charge in [-0.25, -0.2) is 0 Å². The molecule has 2 fully saturated rings. The molecule has 0 aromatic heterocycles. The van der Waals surface area contributed by atoms with Crippen molar-refractivity contribution in [1.29, 1.82) is 0 Å². The Morgan fingerprint density at radius 2 is 2.00 bits per heavy atom. The van der Waals surface area contributed by atoms with E-state index < -0.39 is 0 Å². The zero-order chi connectivity index (χ0) is 10.8. The smallest absolute Gasteiger partial charge is 0.0574 e. The summed E-state index contributed by atoms with van der Waals surface area (Å²) in [5, 5.41) is 0. The molecule has 15 heavy (non-hydrogen) atoms. The van der Waals surface area contributed by atoms with Crippen LogP contribution in [0.15, 0.2) is 12.2 Å². The maximum Gasteiger partial charge on any atom is 0.0574 e. The fourth-order valence-electron chi connectivity index (χ4n) is 3.72. The topological polar surface area (TPSA) is 9.23 Å². The van der Waals surface area contributed by atoms with Crippen molar-refractivity contribution in [3.05, 3.63) is 12.2 Å². The van der Waals surface area contributed by atoms with Gasteiger partial charge in [0.15, 0.2) is 0 Å². The van der Waals surface area contributed by atoms with E-state index in [1.807, 2.05) is 7.11 Å². The van der Waals surface area contributed by atoms with Crippen molar-refractivity contribution < 1.29 is 4.74 Å². The van der Waals surface area contributed by atoms with E-state index in [-0.39, 0.29) is 0 Å². The molecule has 0 heterocycles. The molecule has 1 nitrogen and oxygen atoms in total. The molecule has 0 aromatic carbocycles. The zero-order valence-corrected chi connectivity index (χ0v) is 10.2. The summed E-state index contributed by atoms with van der Waals surface area (Å²) in [6, 6.07) is 0. The van der Waals surface area contributed by atoms with Crippen LogP contribution in [-0.4, -0.2) is 13.2 Å². The van der Waals surface area contributed by atoms with E-state index in [4.69, 9.17) is 4.74 Å². The predicted octanol–water partition coefficient (Wildman–Crippen LogP) is 3.79. The summed E-state index contributed by atoms with van der Waals surface area (Å²) in [7, 11) is 1.87. The van der Waals surface area contributed by atoms with E-state index >= 15 is 0 Å². The molecule has 0 saturated heterocycles. The molecule has 0 aromatic rings. The minimum atomic E-state index is 0.539. The van der Waals surface area contributed by atoms with Crippen molar-refractivity contribution in [1.82, 2.24) is 0 Å². The lowest BCUT2D eigenvalue weighted by molar-refractivity contribution is 0.0271. The highest BCUT2D eigenvalue weighted by molar-refractivity contribution is 4.98. The molecular formula is C14H24O. The summed E-state index contributed by atoms with van der Waals surface area (Å²) in [6.45, 7) is 6.23. The molecule has 4 atom stereocenters. The van der Waals surface area contributed by atoms with Crippen molar-refractivity contribution in [2.24, 2.45) is 17.8 Å². The fraction of sp³-hybridized carbons (Fsp3) is 0.857. The molecule has 2 saturated carbocycles. The summed E-state index contributed by atoms with van der Waals surface area (Å²) in [5.41, 5.74) is 1.36. The summed E-state index contributed by atoms with van der Waals surface area (Å²) in [4.78, 5) is 0. The Bertz CT molecular complexity index is 233. The van der Waals surface area contributed by atoms with Crippen molar-refractivity contribution in [2.75, 3.05) is 7.11 Å². The average molecular weight is 208 g/mol. The van der Waals surface area contributed by atoms with Gasteiger partial charge in [0.25, 0.3) is 0 Å². The largest absolute Gasteiger partial charge is 0.381 e. The maximum absolute atomic E-state index is 5.53. The van der Waals surface area contributed by atoms with E-state index in [1.54, 1.807) is 0 Å². The van der Waals surface area contributed by atoms with Crippen LogP contribution in [0.2, 0.25) is 0 Å². The van der Waals surface area contributed by atoms with Crippen LogP contribution in [0.3, 0.4) is 0 Å². The highest BCUT2D eigenvalue weighted by Crippen LogP contribution is 2.48. The Kier molecular flexibility index (Phi) is 3.50. The van der Waals surface area contributed by atoms with Gasteiger partial charge in [0.1, 0.15) is 0 Å². The van der Waals surface area contributed by atoms with E-state index in [1.165, 1.54) is 44.1 Å². The Morgan fingerprint density at radius 1 is 1.27 bits per heavy atom. The summed E-state index contributed by atoms with van der Waals surface area (Å²) in [5.74, 6) is 2.84. The molecule has 0 amide bonds. The molecule has 2 aliphatic rings. The fourth-order valence-corrected chi connectivity index (χ4v) is 3.72. The van der Waals surface area contributed by atoms with Gasteiger partial charge in [0, 0.05) is 7.11 Å². The third kappa shape index (κ3) is 2.44. The molecule has 2 rings (SSSR count). The number of hydrogen-bond acceptors (Lipinski definition) is 1. The van der Waals surface area contributed by atoms with Crippen LogP contribution >= 0.6 is 0 Å². The van der Waals surface area contributed by atoms with Crippen LogP contribution in [0.1, 0.15) is 45.4 Å². The summed E-state index contributed by atoms with van der Waals surface area (Å²) in [6.07, 6.45) is 8.67. The standard InChI is InChI=1S/C14H24O/c1-10(2)8-12-5-4-11-6-7-13(15-3)9-14(11)12/h11-14H,1,4-9H2,2-3H3. The Morgan fingerprint density at radius 3 is 2.67 bits per heavy atom. The number of rotatable bonds is 3. The minimum Gasteiger partial charge on any atom is -0.381 e. The van der Waals surface area contributed by atoms with E-state index in [0.29, 0.717) is 6.10 Å². The first-order chi connectivity index (χ1) is 7.20. The van der Waals surface area contributed by atoms with Gasteiger partial charge in [-0.15, -0.1) is 6.58 Å². The SMILES string of the molecule is C=C(C)CC1CCC2CCC(OC)CC21. The van der Waals surface area contributed by atoms with Crippen molar-refractivity contribution in [2.45, 2.75) is 51.6 Å². The Hall–Kier alpha value is -0.300. The van der Waals surface area contributed by atoms with Crippen molar-refractivity contribution in [3.8, 4) is 0 Å². The normalized spacial score (nSPS) is 40.1. The molecule has 86 valence electrons. The van der Waals surface area contributed by atoms with Gasteiger partial charge in [-0.1, -0.05) is 5.57 Å². The van der Waals surface area contributed by atoms with Gasteiger partial charge in [0.2, 0.25) is 0 Å². The van der Waals surface area contributed by atoms with Crippen LogP contribution in [-0.2, 0) is 4.74 Å². The predicted molar refractivity (Wildman–Crippen MR) is 63.8 cm³/mol. The second-order valence-electron chi connectivity index (χ2n) is 5.59. The van der Waals surface area contributed by atoms with Gasteiger partial charge in [0.05, 0.1) is 6.10 Å².